The van der Waals surface area contributed by atoms with E-state index in [0.717, 1.165) is 22.4 Å². The molecule has 2 rings (SSSR count). The quantitative estimate of drug-likeness (QED) is 0.694. The molecule has 19 heavy (non-hydrogen) atoms. The van der Waals surface area contributed by atoms with Crippen molar-refractivity contribution in [2.45, 2.75) is 25.6 Å². The van der Waals surface area contributed by atoms with E-state index in [-0.39, 0.29) is 0 Å². The van der Waals surface area contributed by atoms with Crippen LogP contribution in [0.15, 0.2) is 42.5 Å². The Kier molecular flexibility index (Phi) is 4.49. The lowest BCUT2D eigenvalue weighted by Gasteiger charge is -2.12. The third kappa shape index (κ3) is 3.10. The van der Waals surface area contributed by atoms with Crippen molar-refractivity contribution in [2.75, 3.05) is 7.11 Å². The predicted molar refractivity (Wildman–Crippen MR) is 82.1 cm³/mol. The van der Waals surface area contributed by atoms with Crippen LogP contribution in [0.1, 0.15) is 30.9 Å². The summed E-state index contributed by atoms with van der Waals surface area (Å²) in [6.07, 6.45) is 0. The van der Waals surface area contributed by atoms with Gasteiger partial charge in [-0.3, -0.25) is 0 Å². The minimum absolute atomic E-state index is 0.515. The van der Waals surface area contributed by atoms with Gasteiger partial charge in [0.2, 0.25) is 0 Å². The molecule has 0 atom stereocenters. The van der Waals surface area contributed by atoms with E-state index in [1.54, 1.807) is 7.11 Å². The number of hydrogen-bond donors (Lipinski definition) is 0. The molecule has 0 N–H and O–H groups in total. The number of methoxy groups -OCH3 is 1. The molecule has 0 aliphatic rings. The van der Waals surface area contributed by atoms with Crippen LogP contribution < -0.4 is 4.74 Å². The van der Waals surface area contributed by atoms with Crippen molar-refractivity contribution in [2.24, 2.45) is 0 Å². The summed E-state index contributed by atoms with van der Waals surface area (Å²) in [6, 6.07) is 14.7. The van der Waals surface area contributed by atoms with E-state index in [9.17, 15) is 0 Å². The minimum Gasteiger partial charge on any atom is -0.496 e. The Hall–Kier alpha value is -1.47. The maximum absolute atomic E-state index is 5.91. The summed E-state index contributed by atoms with van der Waals surface area (Å²) in [6.45, 7) is 4.40. The van der Waals surface area contributed by atoms with Gasteiger partial charge in [0.15, 0.2) is 0 Å². The minimum atomic E-state index is 0.515. The van der Waals surface area contributed by atoms with Gasteiger partial charge in [0.1, 0.15) is 5.75 Å². The molecular formula is C17H19ClO. The maximum Gasteiger partial charge on any atom is 0.126 e. The second kappa shape index (κ2) is 6.12. The normalized spacial score (nSPS) is 10.8. The van der Waals surface area contributed by atoms with Crippen molar-refractivity contribution >= 4 is 11.6 Å². The molecule has 0 spiro atoms. The average Bonchev–Trinajstić information content (AvgIpc) is 2.46. The van der Waals surface area contributed by atoms with E-state index in [1.165, 1.54) is 5.56 Å². The van der Waals surface area contributed by atoms with Crippen LogP contribution in [-0.2, 0) is 5.88 Å². The highest BCUT2D eigenvalue weighted by Gasteiger charge is 2.07. The Bertz CT molecular complexity index is 544. The molecule has 100 valence electrons. The molecule has 1 nitrogen and oxygen atoms in total. The molecule has 0 bridgehead atoms. The fourth-order valence-electron chi connectivity index (χ4n) is 2.11. The second-order valence-electron chi connectivity index (χ2n) is 4.94. The smallest absolute Gasteiger partial charge is 0.126 e. The van der Waals surface area contributed by atoms with Crippen molar-refractivity contribution in [3.63, 3.8) is 0 Å². The number of hydrogen-bond acceptors (Lipinski definition) is 1. The summed E-state index contributed by atoms with van der Waals surface area (Å²) in [5.74, 6) is 1.94. The van der Waals surface area contributed by atoms with Gasteiger partial charge in [-0.1, -0.05) is 44.2 Å². The number of ether oxygens (including phenoxy) is 1. The summed E-state index contributed by atoms with van der Waals surface area (Å²) in [5.41, 5.74) is 4.70. The first-order valence-corrected chi connectivity index (χ1v) is 7.02. The van der Waals surface area contributed by atoms with Crippen LogP contribution in [-0.4, -0.2) is 7.11 Å². The van der Waals surface area contributed by atoms with Gasteiger partial charge in [-0.05, 0) is 34.7 Å². The van der Waals surface area contributed by atoms with Crippen LogP contribution in [0.2, 0.25) is 0 Å². The number of rotatable bonds is 4. The molecule has 0 saturated heterocycles. The van der Waals surface area contributed by atoms with E-state index < -0.39 is 0 Å². The lowest BCUT2D eigenvalue weighted by Crippen LogP contribution is -1.91. The molecule has 0 aliphatic carbocycles. The van der Waals surface area contributed by atoms with Gasteiger partial charge in [-0.2, -0.15) is 0 Å². The summed E-state index contributed by atoms with van der Waals surface area (Å²) in [7, 11) is 1.70. The first-order valence-electron chi connectivity index (χ1n) is 6.49. The van der Waals surface area contributed by atoms with Crippen LogP contribution in [0.3, 0.4) is 0 Å². The predicted octanol–water partition coefficient (Wildman–Crippen LogP) is 5.22. The highest BCUT2D eigenvalue weighted by atomic mass is 35.5. The molecule has 2 aromatic rings. The molecule has 0 saturated carbocycles. The Morgan fingerprint density at radius 1 is 1.05 bits per heavy atom. The van der Waals surface area contributed by atoms with Gasteiger partial charge >= 0.3 is 0 Å². The molecule has 0 unspecified atom stereocenters. The largest absolute Gasteiger partial charge is 0.496 e. The van der Waals surface area contributed by atoms with E-state index in [1.807, 2.05) is 12.1 Å². The molecule has 0 aliphatic heterocycles. The fraction of sp³-hybridized carbons (Fsp3) is 0.294. The van der Waals surface area contributed by atoms with E-state index >= 15 is 0 Å². The Balaban J connectivity index is 2.44. The number of benzene rings is 2. The van der Waals surface area contributed by atoms with Crippen LogP contribution in [0.5, 0.6) is 5.75 Å². The highest BCUT2D eigenvalue weighted by Crippen LogP contribution is 2.32. The van der Waals surface area contributed by atoms with Gasteiger partial charge in [-0.15, -0.1) is 11.6 Å². The van der Waals surface area contributed by atoms with Crippen LogP contribution in [0.25, 0.3) is 11.1 Å². The maximum atomic E-state index is 5.91. The summed E-state index contributed by atoms with van der Waals surface area (Å²) in [4.78, 5) is 0. The second-order valence-corrected chi connectivity index (χ2v) is 5.21. The molecule has 0 amide bonds. The highest BCUT2D eigenvalue weighted by molar-refractivity contribution is 6.17. The Labute approximate surface area is 120 Å². The average molecular weight is 275 g/mol. The van der Waals surface area contributed by atoms with Crippen molar-refractivity contribution in [3.8, 4) is 16.9 Å². The first kappa shape index (κ1) is 14.0. The molecule has 2 aromatic carbocycles. The lowest BCUT2D eigenvalue weighted by atomic mass is 9.97. The van der Waals surface area contributed by atoms with E-state index in [4.69, 9.17) is 16.3 Å². The molecule has 0 heterocycles. The zero-order valence-electron chi connectivity index (χ0n) is 11.6. The van der Waals surface area contributed by atoms with Gasteiger partial charge in [0, 0.05) is 11.4 Å². The van der Waals surface area contributed by atoms with Crippen LogP contribution >= 0.6 is 11.6 Å². The zero-order valence-corrected chi connectivity index (χ0v) is 12.4. The third-order valence-electron chi connectivity index (χ3n) is 3.31. The van der Waals surface area contributed by atoms with Crippen molar-refractivity contribution in [1.29, 1.82) is 0 Å². The van der Waals surface area contributed by atoms with Gasteiger partial charge in [-0.25, -0.2) is 0 Å². The summed E-state index contributed by atoms with van der Waals surface area (Å²) in [5, 5.41) is 0. The molecule has 0 fully saturated rings. The lowest BCUT2D eigenvalue weighted by molar-refractivity contribution is 0.416. The van der Waals surface area contributed by atoms with Gasteiger partial charge in [0.05, 0.1) is 7.11 Å². The molecule has 0 aromatic heterocycles. The number of halogens is 1. The van der Waals surface area contributed by atoms with Gasteiger partial charge < -0.3 is 4.74 Å². The third-order valence-corrected chi connectivity index (χ3v) is 3.62. The van der Waals surface area contributed by atoms with Gasteiger partial charge in [0.25, 0.3) is 0 Å². The molecule has 2 heteroatoms. The zero-order chi connectivity index (χ0) is 13.8. The van der Waals surface area contributed by atoms with Crippen molar-refractivity contribution < 1.29 is 4.74 Å². The number of alkyl halides is 1. The van der Waals surface area contributed by atoms with Crippen molar-refractivity contribution in [1.82, 2.24) is 0 Å². The molecular weight excluding hydrogens is 256 g/mol. The summed E-state index contributed by atoms with van der Waals surface area (Å²) >= 11 is 5.91. The standard InChI is InChI=1S/C17H19ClO/c1-12(2)14-5-7-15(8-6-14)16-10-13(11-18)4-9-17(16)19-3/h4-10,12H,11H2,1-3H3. The Morgan fingerprint density at radius 2 is 1.74 bits per heavy atom. The topological polar surface area (TPSA) is 9.23 Å². The van der Waals surface area contributed by atoms with E-state index in [2.05, 4.69) is 44.2 Å². The van der Waals surface area contributed by atoms with Crippen molar-refractivity contribution in [3.05, 3.63) is 53.6 Å². The van der Waals surface area contributed by atoms with E-state index in [0.29, 0.717) is 11.8 Å². The SMILES string of the molecule is COc1ccc(CCl)cc1-c1ccc(C(C)C)cc1. The first-order chi connectivity index (χ1) is 9.15. The fourth-order valence-corrected chi connectivity index (χ4v) is 2.28. The summed E-state index contributed by atoms with van der Waals surface area (Å²) < 4.78 is 5.43. The van der Waals surface area contributed by atoms with Crippen LogP contribution in [0.4, 0.5) is 0 Å². The Morgan fingerprint density at radius 3 is 2.26 bits per heavy atom. The van der Waals surface area contributed by atoms with Crippen LogP contribution in [0, 0.1) is 0 Å². The monoisotopic (exact) mass is 274 g/mol. The molecule has 0 radical (unpaired) electrons.